The monoisotopic (exact) mass is 239 g/mol. The average Bonchev–Trinajstić information content (AvgIpc) is 2.40. The van der Waals surface area contributed by atoms with Gasteiger partial charge in [-0.15, -0.1) is 0 Å². The maximum absolute atomic E-state index is 3.58. The Morgan fingerprint density at radius 1 is 1.00 bits per heavy atom. The van der Waals surface area contributed by atoms with Crippen molar-refractivity contribution in [2.24, 2.45) is 0 Å². The van der Waals surface area contributed by atoms with Gasteiger partial charge in [-0.2, -0.15) is 0 Å². The molecule has 0 spiro atoms. The lowest BCUT2D eigenvalue weighted by Gasteiger charge is -2.15. The second kappa shape index (κ2) is 5.83. The molecule has 2 aromatic carbocycles. The lowest BCUT2D eigenvalue weighted by Crippen LogP contribution is -2.18. The van der Waals surface area contributed by atoms with Crippen molar-refractivity contribution < 1.29 is 0 Å². The largest absolute Gasteiger partial charge is 0.306 e. The highest BCUT2D eigenvalue weighted by atomic mass is 14.9. The summed E-state index contributed by atoms with van der Waals surface area (Å²) in [6, 6.07) is 17.6. The number of rotatable bonds is 4. The minimum atomic E-state index is 0.381. The predicted octanol–water partition coefficient (Wildman–Crippen LogP) is 4.15. The Bertz CT molecular complexity index is 502. The smallest absolute Gasteiger partial charge is 0.0294 e. The van der Waals surface area contributed by atoms with Gasteiger partial charge in [-0.3, -0.25) is 0 Å². The van der Waals surface area contributed by atoms with Crippen molar-refractivity contribution in [2.75, 3.05) is 0 Å². The lowest BCUT2D eigenvalue weighted by atomic mass is 10.0. The molecule has 0 amide bonds. The highest BCUT2D eigenvalue weighted by Crippen LogP contribution is 2.15. The summed E-state index contributed by atoms with van der Waals surface area (Å²) in [4.78, 5) is 0. The summed E-state index contributed by atoms with van der Waals surface area (Å²) in [6.45, 7) is 7.44. The maximum Gasteiger partial charge on any atom is 0.0294 e. The molecule has 0 aliphatic heterocycles. The first-order chi connectivity index (χ1) is 8.66. The summed E-state index contributed by atoms with van der Waals surface area (Å²) >= 11 is 0. The van der Waals surface area contributed by atoms with E-state index in [4.69, 9.17) is 0 Å². The summed E-state index contributed by atoms with van der Waals surface area (Å²) < 4.78 is 0. The molecule has 1 heteroatoms. The number of hydrogen-bond donors (Lipinski definition) is 1. The van der Waals surface area contributed by atoms with Crippen LogP contribution in [0.15, 0.2) is 48.5 Å². The van der Waals surface area contributed by atoms with Crippen molar-refractivity contribution in [1.29, 1.82) is 0 Å². The molecule has 1 nitrogen and oxygen atoms in total. The molecule has 0 heterocycles. The Kier molecular flexibility index (Phi) is 4.16. The molecule has 0 radical (unpaired) electrons. The molecule has 94 valence electrons. The molecule has 0 aliphatic carbocycles. The number of hydrogen-bond acceptors (Lipinski definition) is 1. The summed E-state index contributed by atoms with van der Waals surface area (Å²) in [5, 5.41) is 3.58. The third kappa shape index (κ3) is 3.21. The first kappa shape index (κ1) is 12.8. The van der Waals surface area contributed by atoms with E-state index in [1.807, 2.05) is 0 Å². The second-order valence-electron chi connectivity index (χ2n) is 4.94. The normalized spacial score (nSPS) is 12.4. The van der Waals surface area contributed by atoms with E-state index >= 15 is 0 Å². The standard InChI is InChI=1S/C17H21N/c1-13-9-10-14(2)17(11-13)12-18-15(3)16-7-5-4-6-8-16/h4-11,15,18H,12H2,1-3H3/t15-/m0/s1. The molecule has 1 N–H and O–H groups in total. The van der Waals surface area contributed by atoms with E-state index in [-0.39, 0.29) is 0 Å². The van der Waals surface area contributed by atoms with Crippen LogP contribution in [0.3, 0.4) is 0 Å². The van der Waals surface area contributed by atoms with E-state index in [9.17, 15) is 0 Å². The van der Waals surface area contributed by atoms with E-state index in [0.29, 0.717) is 6.04 Å². The lowest BCUT2D eigenvalue weighted by molar-refractivity contribution is 0.573. The number of aryl methyl sites for hydroxylation is 2. The zero-order chi connectivity index (χ0) is 13.0. The molecule has 0 fully saturated rings. The fourth-order valence-corrected chi connectivity index (χ4v) is 2.11. The summed E-state index contributed by atoms with van der Waals surface area (Å²) in [5.41, 5.74) is 5.40. The van der Waals surface area contributed by atoms with Crippen LogP contribution in [0.25, 0.3) is 0 Å². The van der Waals surface area contributed by atoms with Gasteiger partial charge < -0.3 is 5.32 Å². The van der Waals surface area contributed by atoms with Crippen molar-refractivity contribution in [3.63, 3.8) is 0 Å². The molecule has 0 saturated carbocycles. The molecule has 0 unspecified atom stereocenters. The second-order valence-corrected chi connectivity index (χ2v) is 4.94. The third-order valence-corrected chi connectivity index (χ3v) is 3.40. The van der Waals surface area contributed by atoms with E-state index in [1.165, 1.54) is 22.3 Å². The SMILES string of the molecule is Cc1ccc(C)c(CN[C@@H](C)c2ccccc2)c1. The molecular weight excluding hydrogens is 218 g/mol. The van der Waals surface area contributed by atoms with Crippen molar-refractivity contribution in [1.82, 2.24) is 5.32 Å². The van der Waals surface area contributed by atoms with Crippen LogP contribution >= 0.6 is 0 Å². The molecule has 0 saturated heterocycles. The average molecular weight is 239 g/mol. The van der Waals surface area contributed by atoms with Crippen LogP contribution in [0.1, 0.15) is 35.2 Å². The van der Waals surface area contributed by atoms with Crippen LogP contribution in [-0.2, 0) is 6.54 Å². The first-order valence-corrected chi connectivity index (χ1v) is 6.51. The molecule has 18 heavy (non-hydrogen) atoms. The molecule has 1 atom stereocenters. The Labute approximate surface area is 110 Å². The van der Waals surface area contributed by atoms with Gasteiger partial charge in [0, 0.05) is 12.6 Å². The van der Waals surface area contributed by atoms with Crippen LogP contribution in [-0.4, -0.2) is 0 Å². The highest BCUT2D eigenvalue weighted by Gasteiger charge is 2.05. The predicted molar refractivity (Wildman–Crippen MR) is 77.6 cm³/mol. The molecular formula is C17H21N. The van der Waals surface area contributed by atoms with Gasteiger partial charge in [0.05, 0.1) is 0 Å². The van der Waals surface area contributed by atoms with E-state index in [2.05, 4.69) is 74.6 Å². The summed E-state index contributed by atoms with van der Waals surface area (Å²) in [5.74, 6) is 0. The third-order valence-electron chi connectivity index (χ3n) is 3.40. The molecule has 2 aromatic rings. The fourth-order valence-electron chi connectivity index (χ4n) is 2.11. The van der Waals surface area contributed by atoms with Gasteiger partial charge >= 0.3 is 0 Å². The Morgan fingerprint density at radius 3 is 2.44 bits per heavy atom. The van der Waals surface area contributed by atoms with Crippen molar-refractivity contribution in [3.05, 3.63) is 70.8 Å². The van der Waals surface area contributed by atoms with Crippen LogP contribution in [0.4, 0.5) is 0 Å². The van der Waals surface area contributed by atoms with E-state index in [0.717, 1.165) is 6.54 Å². The Hall–Kier alpha value is -1.60. The van der Waals surface area contributed by atoms with Gasteiger partial charge in [0.15, 0.2) is 0 Å². The zero-order valence-corrected chi connectivity index (χ0v) is 11.4. The minimum Gasteiger partial charge on any atom is -0.306 e. The summed E-state index contributed by atoms with van der Waals surface area (Å²) in [7, 11) is 0. The molecule has 2 rings (SSSR count). The molecule has 0 aromatic heterocycles. The number of benzene rings is 2. The fraction of sp³-hybridized carbons (Fsp3) is 0.294. The maximum atomic E-state index is 3.58. The van der Waals surface area contributed by atoms with Gasteiger partial charge in [0.2, 0.25) is 0 Å². The van der Waals surface area contributed by atoms with Crippen molar-refractivity contribution >= 4 is 0 Å². The van der Waals surface area contributed by atoms with Gasteiger partial charge in [-0.25, -0.2) is 0 Å². The van der Waals surface area contributed by atoms with Gasteiger partial charge in [-0.05, 0) is 37.5 Å². The van der Waals surface area contributed by atoms with Crippen LogP contribution in [0.5, 0.6) is 0 Å². The van der Waals surface area contributed by atoms with Gasteiger partial charge in [0.25, 0.3) is 0 Å². The zero-order valence-electron chi connectivity index (χ0n) is 11.4. The topological polar surface area (TPSA) is 12.0 Å². The van der Waals surface area contributed by atoms with Crippen LogP contribution in [0, 0.1) is 13.8 Å². The minimum absolute atomic E-state index is 0.381. The Balaban J connectivity index is 2.01. The molecule has 0 aliphatic rings. The summed E-state index contributed by atoms with van der Waals surface area (Å²) in [6.07, 6.45) is 0. The van der Waals surface area contributed by atoms with Crippen LogP contribution in [0.2, 0.25) is 0 Å². The molecule has 0 bridgehead atoms. The van der Waals surface area contributed by atoms with Crippen molar-refractivity contribution in [3.8, 4) is 0 Å². The van der Waals surface area contributed by atoms with E-state index < -0.39 is 0 Å². The quantitative estimate of drug-likeness (QED) is 0.845. The number of nitrogens with one attached hydrogen (secondary N) is 1. The van der Waals surface area contributed by atoms with E-state index in [1.54, 1.807) is 0 Å². The highest BCUT2D eigenvalue weighted by molar-refractivity contribution is 5.30. The van der Waals surface area contributed by atoms with Gasteiger partial charge in [-0.1, -0.05) is 54.1 Å². The van der Waals surface area contributed by atoms with Crippen molar-refractivity contribution in [2.45, 2.75) is 33.4 Å². The van der Waals surface area contributed by atoms with Gasteiger partial charge in [0.1, 0.15) is 0 Å². The Morgan fingerprint density at radius 2 is 1.72 bits per heavy atom. The van der Waals surface area contributed by atoms with Crippen LogP contribution < -0.4 is 5.32 Å². The first-order valence-electron chi connectivity index (χ1n) is 6.51.